The van der Waals surface area contributed by atoms with E-state index in [0.29, 0.717) is 64.5 Å². The molecule has 33 heavy (non-hydrogen) atoms. The van der Waals surface area contributed by atoms with Crippen LogP contribution in [-0.4, -0.2) is 48.7 Å². The third kappa shape index (κ3) is 6.00. The molecule has 8 nitrogen and oxygen atoms in total. The van der Waals surface area contributed by atoms with E-state index in [1.54, 1.807) is 18.3 Å². The molecule has 0 aromatic carbocycles. The van der Waals surface area contributed by atoms with Crippen LogP contribution in [0, 0.1) is 12.8 Å². The molecule has 10 heteroatoms. The standard InChI is InChI=1S/C23H28N4O4S2/c1-14(2)13-24-19-16(21(30)26-11-7-8-15(3)20(26)25-19)12-17-22(31)27(23(32)33-17)10-6-4-5-9-18(28)29/h7-8,11-12,14,24H,4-6,9-10,13H2,1-3H3,(H,28,29)/b17-12-. The van der Waals surface area contributed by atoms with E-state index in [0.717, 1.165) is 5.56 Å². The lowest BCUT2D eigenvalue weighted by atomic mass is 10.2. The number of carbonyl (C=O) groups excluding carboxylic acids is 1. The molecule has 0 saturated carbocycles. The number of carboxylic acid groups (broad SMARTS) is 1. The number of thioether (sulfide) groups is 1. The van der Waals surface area contributed by atoms with Gasteiger partial charge in [0.2, 0.25) is 0 Å². The quantitative estimate of drug-likeness (QED) is 0.295. The summed E-state index contributed by atoms with van der Waals surface area (Å²) in [6.07, 6.45) is 5.28. The van der Waals surface area contributed by atoms with Gasteiger partial charge < -0.3 is 10.4 Å². The van der Waals surface area contributed by atoms with E-state index in [1.807, 2.05) is 13.0 Å². The van der Waals surface area contributed by atoms with Crippen LogP contribution in [-0.2, 0) is 9.59 Å². The van der Waals surface area contributed by atoms with Gasteiger partial charge in [0, 0.05) is 25.7 Å². The van der Waals surface area contributed by atoms with Crippen molar-refractivity contribution < 1.29 is 14.7 Å². The number of pyridine rings is 1. The number of nitrogens with one attached hydrogen (secondary N) is 1. The minimum atomic E-state index is -0.823. The summed E-state index contributed by atoms with van der Waals surface area (Å²) in [6.45, 7) is 7.08. The zero-order valence-corrected chi connectivity index (χ0v) is 20.6. The van der Waals surface area contributed by atoms with Gasteiger partial charge in [-0.15, -0.1) is 0 Å². The van der Waals surface area contributed by atoms with Crippen molar-refractivity contribution in [2.45, 2.75) is 46.5 Å². The highest BCUT2D eigenvalue weighted by Crippen LogP contribution is 2.33. The van der Waals surface area contributed by atoms with E-state index >= 15 is 0 Å². The minimum absolute atomic E-state index is 0.114. The fourth-order valence-corrected chi connectivity index (χ4v) is 4.71. The molecule has 1 saturated heterocycles. The Morgan fingerprint density at radius 2 is 2.06 bits per heavy atom. The number of amides is 1. The van der Waals surface area contributed by atoms with Crippen molar-refractivity contribution in [1.82, 2.24) is 14.3 Å². The first-order chi connectivity index (χ1) is 15.7. The Balaban J connectivity index is 1.89. The lowest BCUT2D eigenvalue weighted by molar-refractivity contribution is -0.137. The topological polar surface area (TPSA) is 104 Å². The zero-order chi connectivity index (χ0) is 24.1. The maximum atomic E-state index is 13.3. The number of thiocarbonyl (C=S) groups is 1. The summed E-state index contributed by atoms with van der Waals surface area (Å²) in [7, 11) is 0. The van der Waals surface area contributed by atoms with Crippen LogP contribution in [0.2, 0.25) is 0 Å². The van der Waals surface area contributed by atoms with Crippen molar-refractivity contribution in [1.29, 1.82) is 0 Å². The molecule has 3 rings (SSSR count). The number of hydrogen-bond donors (Lipinski definition) is 2. The number of unbranched alkanes of at least 4 members (excludes halogenated alkanes) is 2. The van der Waals surface area contributed by atoms with Crippen molar-refractivity contribution in [2.75, 3.05) is 18.4 Å². The molecule has 0 aliphatic carbocycles. The molecule has 0 spiro atoms. The third-order valence-corrected chi connectivity index (χ3v) is 6.56. The van der Waals surface area contributed by atoms with Gasteiger partial charge in [0.15, 0.2) is 0 Å². The summed E-state index contributed by atoms with van der Waals surface area (Å²) in [6, 6.07) is 3.69. The Morgan fingerprint density at radius 1 is 1.30 bits per heavy atom. The van der Waals surface area contributed by atoms with Crippen LogP contribution in [0.5, 0.6) is 0 Å². The lowest BCUT2D eigenvalue weighted by Gasteiger charge is -2.14. The summed E-state index contributed by atoms with van der Waals surface area (Å²) >= 11 is 6.56. The van der Waals surface area contributed by atoms with Gasteiger partial charge in [-0.1, -0.05) is 50.3 Å². The molecule has 0 atom stereocenters. The Hall–Kier alpha value is -2.72. The number of carbonyl (C=O) groups is 2. The summed E-state index contributed by atoms with van der Waals surface area (Å²) < 4.78 is 1.93. The number of aliphatic carboxylic acids is 1. The molecule has 1 fully saturated rings. The fraction of sp³-hybridized carbons (Fsp3) is 0.435. The molecule has 2 aromatic heterocycles. The molecule has 0 unspecified atom stereocenters. The van der Waals surface area contributed by atoms with E-state index in [2.05, 4.69) is 24.1 Å². The van der Waals surface area contributed by atoms with Crippen LogP contribution in [0.1, 0.15) is 50.7 Å². The normalized spacial score (nSPS) is 15.3. The number of fused-ring (bicyclic) bond motifs is 1. The molecule has 1 aliphatic rings. The lowest BCUT2D eigenvalue weighted by Crippen LogP contribution is -2.29. The molecular formula is C23H28N4O4S2. The summed E-state index contributed by atoms with van der Waals surface area (Å²) in [5, 5.41) is 12.0. The highest BCUT2D eigenvalue weighted by molar-refractivity contribution is 8.26. The maximum Gasteiger partial charge on any atom is 0.303 e. The number of aryl methyl sites for hydroxylation is 1. The Morgan fingerprint density at radius 3 is 2.76 bits per heavy atom. The van der Waals surface area contributed by atoms with Gasteiger partial charge in [-0.25, -0.2) is 4.98 Å². The highest BCUT2D eigenvalue weighted by Gasteiger charge is 2.32. The van der Waals surface area contributed by atoms with Crippen LogP contribution >= 0.6 is 24.0 Å². The van der Waals surface area contributed by atoms with Gasteiger partial charge in [0.1, 0.15) is 15.8 Å². The molecule has 0 radical (unpaired) electrons. The van der Waals surface area contributed by atoms with Crippen molar-refractivity contribution in [2.24, 2.45) is 5.92 Å². The van der Waals surface area contributed by atoms with Crippen LogP contribution in [0.15, 0.2) is 28.0 Å². The fourth-order valence-electron chi connectivity index (χ4n) is 3.42. The summed E-state index contributed by atoms with van der Waals surface area (Å²) in [5.41, 5.74) is 1.51. The summed E-state index contributed by atoms with van der Waals surface area (Å²) in [4.78, 5) is 43.6. The molecule has 176 valence electrons. The number of anilines is 1. The van der Waals surface area contributed by atoms with Gasteiger partial charge in [-0.3, -0.25) is 23.7 Å². The molecule has 1 aliphatic heterocycles. The van der Waals surface area contributed by atoms with Crippen LogP contribution in [0.4, 0.5) is 5.82 Å². The van der Waals surface area contributed by atoms with Gasteiger partial charge in [0.25, 0.3) is 11.5 Å². The van der Waals surface area contributed by atoms with Crippen LogP contribution < -0.4 is 10.9 Å². The van der Waals surface area contributed by atoms with Gasteiger partial charge >= 0.3 is 5.97 Å². The first-order valence-corrected chi connectivity index (χ1v) is 12.1. The molecule has 0 bridgehead atoms. The first kappa shape index (κ1) is 24.9. The van der Waals surface area contributed by atoms with Gasteiger partial charge in [-0.2, -0.15) is 0 Å². The Labute approximate surface area is 202 Å². The van der Waals surface area contributed by atoms with Gasteiger partial charge in [0.05, 0.1) is 10.5 Å². The SMILES string of the molecule is Cc1cccn2c(=O)c(/C=C3\SC(=S)N(CCCCCC(=O)O)C3=O)c(NCC(C)C)nc12. The highest BCUT2D eigenvalue weighted by atomic mass is 32.2. The first-order valence-electron chi connectivity index (χ1n) is 10.9. The second-order valence-corrected chi connectivity index (χ2v) is 10.1. The number of aromatic nitrogens is 2. The van der Waals surface area contributed by atoms with Crippen molar-refractivity contribution in [3.05, 3.63) is 44.7 Å². The predicted molar refractivity (Wildman–Crippen MR) is 136 cm³/mol. The van der Waals surface area contributed by atoms with Crippen LogP contribution in [0.3, 0.4) is 0 Å². The Kier molecular flexibility index (Phi) is 8.25. The van der Waals surface area contributed by atoms with Crippen molar-refractivity contribution in [3.8, 4) is 0 Å². The smallest absolute Gasteiger partial charge is 0.303 e. The second-order valence-electron chi connectivity index (χ2n) is 8.38. The van der Waals surface area contributed by atoms with E-state index in [-0.39, 0.29) is 17.9 Å². The number of hydrogen-bond acceptors (Lipinski definition) is 7. The summed E-state index contributed by atoms with van der Waals surface area (Å²) in [5.74, 6) is -0.279. The molecule has 3 heterocycles. The second kappa shape index (κ2) is 10.9. The average Bonchev–Trinajstić information content (AvgIpc) is 3.01. The Bertz CT molecular complexity index is 1170. The monoisotopic (exact) mass is 488 g/mol. The molecule has 1 amide bonds. The van der Waals surface area contributed by atoms with Crippen molar-refractivity contribution in [3.63, 3.8) is 0 Å². The zero-order valence-electron chi connectivity index (χ0n) is 19.0. The average molecular weight is 489 g/mol. The molecule has 2 aromatic rings. The number of rotatable bonds is 10. The maximum absolute atomic E-state index is 13.3. The molecular weight excluding hydrogens is 460 g/mol. The van der Waals surface area contributed by atoms with Gasteiger partial charge in [-0.05, 0) is 43.4 Å². The third-order valence-electron chi connectivity index (χ3n) is 5.18. The largest absolute Gasteiger partial charge is 0.481 e. The molecule has 2 N–H and O–H groups in total. The minimum Gasteiger partial charge on any atom is -0.481 e. The number of carboxylic acids is 1. The van der Waals surface area contributed by atoms with Crippen LogP contribution in [0.25, 0.3) is 11.7 Å². The van der Waals surface area contributed by atoms with E-state index in [1.165, 1.54) is 21.1 Å². The van der Waals surface area contributed by atoms with E-state index in [4.69, 9.17) is 17.3 Å². The van der Waals surface area contributed by atoms with E-state index in [9.17, 15) is 14.4 Å². The number of nitrogens with zero attached hydrogens (tertiary/aromatic N) is 3. The van der Waals surface area contributed by atoms with E-state index < -0.39 is 5.97 Å². The van der Waals surface area contributed by atoms with Crippen molar-refractivity contribution >= 4 is 57.7 Å². The predicted octanol–water partition coefficient (Wildman–Crippen LogP) is 3.92.